The number of halogens is 5. The van der Waals surface area contributed by atoms with Crippen LogP contribution in [0.15, 0.2) is 91.4 Å². The van der Waals surface area contributed by atoms with Crippen LogP contribution in [0.4, 0.5) is 43.1 Å². The number of hydrogen-bond acceptors (Lipinski definition) is 25. The van der Waals surface area contributed by atoms with E-state index in [0.717, 1.165) is 75.3 Å². The lowest BCUT2D eigenvalue weighted by molar-refractivity contribution is -0.129. The number of nitrogens with two attached hydrogens (primary N) is 1. The summed E-state index contributed by atoms with van der Waals surface area (Å²) in [7, 11) is 3.81. The van der Waals surface area contributed by atoms with E-state index in [2.05, 4.69) is 101 Å². The highest BCUT2D eigenvalue weighted by Gasteiger charge is 2.18. The quantitative estimate of drug-likeness (QED) is 0.0194. The van der Waals surface area contributed by atoms with Gasteiger partial charge in [0.25, 0.3) is 0 Å². The predicted molar refractivity (Wildman–Crippen MR) is 332 cm³/mol. The zero-order valence-electron chi connectivity index (χ0n) is 46.4. The van der Waals surface area contributed by atoms with E-state index in [9.17, 15) is 18.5 Å². The van der Waals surface area contributed by atoms with Gasteiger partial charge in [0.2, 0.25) is 18.9 Å². The Morgan fingerprint density at radius 3 is 1.70 bits per heavy atom. The van der Waals surface area contributed by atoms with Crippen LogP contribution in [0.25, 0.3) is 0 Å². The number of aliphatic hydroxyl groups excluding tert-OH is 1. The zero-order chi connectivity index (χ0) is 62.4. The lowest BCUT2D eigenvalue weighted by Gasteiger charge is -2.19. The van der Waals surface area contributed by atoms with Gasteiger partial charge in [0.1, 0.15) is 62.7 Å². The highest BCUT2D eigenvalue weighted by atomic mass is 36.0. The lowest BCUT2D eigenvalue weighted by Crippen LogP contribution is -2.30. The second-order valence-corrected chi connectivity index (χ2v) is 26.5. The van der Waals surface area contributed by atoms with Crippen molar-refractivity contribution < 1.29 is 29.2 Å². The number of aliphatic hydroxyl groups is 1. The maximum atomic E-state index is 11.7. The minimum Gasteiger partial charge on any atom is -0.390 e. The van der Waals surface area contributed by atoms with Crippen LogP contribution in [0.2, 0.25) is 0 Å². The van der Waals surface area contributed by atoms with Gasteiger partial charge in [-0.05, 0) is 83.6 Å². The van der Waals surface area contributed by atoms with Crippen molar-refractivity contribution in [3.63, 3.8) is 0 Å². The molecule has 7 aromatic rings. The van der Waals surface area contributed by atoms with Gasteiger partial charge in [-0.1, -0.05) is 70.2 Å². The number of nitriles is 3. The van der Waals surface area contributed by atoms with Crippen molar-refractivity contribution in [1.82, 2.24) is 54.9 Å². The van der Waals surface area contributed by atoms with Gasteiger partial charge < -0.3 is 46.1 Å². The maximum absolute atomic E-state index is 11.7. The number of thiazole rings is 3. The first-order chi connectivity index (χ1) is 40.8. The summed E-state index contributed by atoms with van der Waals surface area (Å²) in [6.07, 6.45) is 5.77. The number of rotatable bonds is 14. The zero-order valence-corrected chi connectivity index (χ0v) is 51.6. The standard InChI is InChI=1S/C16H18N6OS.C10H7ClN4S.C10H8N4OS.C6H8BN2OS.C6H12N2O.CH3F.Cl3OP/c1-21-7-8-22(6-5-15(21)23)11-12-3-2-4-14(19-12)20-16-18-10-13(9-17)24-16;11-4-7-2-1-3-9(14-7)15-10-13-6-8(5-12)16-10;11-4-8-5-12-10(16-8)14-9-3-1-2-7(6-15)13-9;7-11-10-4-5-2-1-3-6(8)9-5;1-8-5-4-7-3-2-6(8)9;1-2;1-5(2,3)4/h2-4,10H,5-8,11H2,1H3,(H,18,19,20);1-3,6H,4H2,(H,13,14,15);1-3,5,15H,6H2,(H,12,13,14);1-3,7H,4H2,(H2,8,9);7H,2-5H2,1H3;1H3;/i;;;7T;;1D;. The van der Waals surface area contributed by atoms with Crippen molar-refractivity contribution in [2.75, 3.05) is 82.2 Å². The molecule has 0 saturated carbocycles. The number of nitrogens with zero attached hydrogens (tertiary/aromatic N) is 13. The minimum atomic E-state index is -3.22. The topological polar surface area (TPSA) is 326 Å². The molecule has 23 nitrogen and oxygen atoms in total. The van der Waals surface area contributed by atoms with E-state index in [1.807, 2.05) is 74.8 Å². The Kier molecular flexibility index (Phi) is 32.5. The first-order valence-corrected chi connectivity index (χ1v) is 32.1. The van der Waals surface area contributed by atoms with E-state index in [0.29, 0.717) is 90.9 Å². The number of likely N-dealkylation sites (N-methyl/N-ethyl adjacent to an activating group) is 2. The number of pyridine rings is 4. The number of alkyl halides is 2. The SMILES string of the molecule is CN1CCN(Cc2cccc(Nc3ncc(C#N)s3)n2)CCC1=O.CN1CCNCCC1=O.N#Cc1cnc(Nc2cccc(CCl)n2)s1.N#Cc1cnc(Nc2cccc(CO)n2)s1.O=P(Cl)(Cl)Cl.[2H]CF.[3H][B]SOCc1cccc(N)n1. The average molecular weight is 1310 g/mol. The van der Waals surface area contributed by atoms with Gasteiger partial charge in [0.05, 0.1) is 62.4 Å². The lowest BCUT2D eigenvalue weighted by atomic mass is 10.3. The molecular weight excluding hydrogens is 1250 g/mol. The molecule has 7 aromatic heterocycles. The van der Waals surface area contributed by atoms with Crippen LogP contribution < -0.4 is 27.0 Å². The Hall–Kier alpha value is -6.33. The summed E-state index contributed by atoms with van der Waals surface area (Å²) >= 11 is 24.3. The summed E-state index contributed by atoms with van der Waals surface area (Å²) in [6.45, 7) is 5.93. The van der Waals surface area contributed by atoms with Crippen molar-refractivity contribution in [2.45, 2.75) is 38.5 Å². The highest BCUT2D eigenvalue weighted by molar-refractivity contribution is 8.24. The molecule has 0 unspecified atom stereocenters. The van der Waals surface area contributed by atoms with E-state index < -0.39 is 12.4 Å². The van der Waals surface area contributed by atoms with Gasteiger partial charge in [-0.15, -0.1) is 11.6 Å². The Balaban J connectivity index is 0.000000278. The number of amides is 2. The van der Waals surface area contributed by atoms with Gasteiger partial charge in [0, 0.05) is 72.8 Å². The van der Waals surface area contributed by atoms with Crippen LogP contribution >= 0.6 is 96.4 Å². The van der Waals surface area contributed by atoms with E-state index in [1.54, 1.807) is 40.3 Å². The van der Waals surface area contributed by atoms with Crippen LogP contribution in [-0.4, -0.2) is 135 Å². The van der Waals surface area contributed by atoms with E-state index >= 15 is 0 Å². The minimum absolute atomic E-state index is 0.100. The average Bonchev–Trinajstić information content (AvgIpc) is 4.42. The normalized spacial score (nSPS) is 13.1. The van der Waals surface area contributed by atoms with Crippen LogP contribution in [-0.2, 0) is 44.0 Å². The molecule has 2 amide bonds. The molecule has 0 bridgehead atoms. The number of carbonyl (C=O) groups is 2. The number of hydrogen-bond donors (Lipinski definition) is 6. The van der Waals surface area contributed by atoms with Crippen LogP contribution in [0, 0.1) is 34.0 Å². The molecule has 34 heteroatoms. The summed E-state index contributed by atoms with van der Waals surface area (Å²) < 4.78 is 36.7. The molecule has 0 aromatic carbocycles. The molecule has 9 heterocycles. The molecule has 2 fully saturated rings. The smallest absolute Gasteiger partial charge is 0.339 e. The molecule has 0 atom stereocenters. The maximum Gasteiger partial charge on any atom is 0.339 e. The second-order valence-electron chi connectivity index (χ2n) is 16.1. The molecule has 439 valence electrons. The third-order valence-corrected chi connectivity index (χ3v) is 13.1. The third-order valence-electron chi connectivity index (χ3n) is 10.1. The molecule has 7 N–H and O–H groups in total. The van der Waals surface area contributed by atoms with Crippen molar-refractivity contribution in [2.24, 2.45) is 0 Å². The third kappa shape index (κ3) is 30.2. The summed E-state index contributed by atoms with van der Waals surface area (Å²) in [5.41, 5.74) is 8.53. The van der Waals surface area contributed by atoms with Crippen molar-refractivity contribution in [1.29, 1.82) is 17.1 Å². The number of nitrogen functional groups attached to an aromatic ring is 1. The van der Waals surface area contributed by atoms with Crippen molar-refractivity contribution in [3.05, 3.63) is 129 Å². The molecule has 2 aliphatic heterocycles. The van der Waals surface area contributed by atoms with Crippen molar-refractivity contribution >= 4 is 154 Å². The molecule has 0 spiro atoms. The summed E-state index contributed by atoms with van der Waals surface area (Å²) in [4.78, 5) is 59.3. The Morgan fingerprint density at radius 2 is 1.22 bits per heavy atom. The summed E-state index contributed by atoms with van der Waals surface area (Å²) in [5, 5.41) is 46.0. The van der Waals surface area contributed by atoms with E-state index in [-0.39, 0.29) is 18.4 Å². The fraction of sp³-hybridized carbons (Fsp3) is 0.306. The van der Waals surface area contributed by atoms with Crippen LogP contribution in [0.1, 0.15) is 51.6 Å². The second kappa shape index (κ2) is 40.0. The van der Waals surface area contributed by atoms with Crippen LogP contribution in [0.5, 0.6) is 0 Å². The fourth-order valence-corrected chi connectivity index (χ4v) is 8.49. The van der Waals surface area contributed by atoms with E-state index in [4.69, 9.17) is 45.1 Å². The largest absolute Gasteiger partial charge is 0.390 e. The predicted octanol–water partition coefficient (Wildman–Crippen LogP) is 9.83. The Morgan fingerprint density at radius 1 is 0.759 bits per heavy atom. The van der Waals surface area contributed by atoms with Gasteiger partial charge in [0.15, 0.2) is 15.4 Å². The van der Waals surface area contributed by atoms with Gasteiger partial charge in [-0.2, -0.15) is 15.8 Å². The molecule has 2 aliphatic rings. The Labute approximate surface area is 519 Å². The molecule has 1 radical (unpaired) electrons. The number of aromatic nitrogens is 7. The first-order valence-electron chi connectivity index (χ1n) is 25.2. The van der Waals surface area contributed by atoms with Crippen molar-refractivity contribution in [3.8, 4) is 18.2 Å². The molecule has 9 rings (SSSR count). The van der Waals surface area contributed by atoms with Gasteiger partial charge in [-0.25, -0.2) is 34.9 Å². The summed E-state index contributed by atoms with van der Waals surface area (Å²) in [5.74, 6) is 3.28. The fourth-order valence-electron chi connectivity index (χ4n) is 6.29. The van der Waals surface area contributed by atoms with Gasteiger partial charge in [-0.3, -0.25) is 23.4 Å². The van der Waals surface area contributed by atoms with Crippen LogP contribution in [0.3, 0.4) is 0 Å². The highest BCUT2D eigenvalue weighted by Crippen LogP contribution is 2.61. The van der Waals surface area contributed by atoms with E-state index in [1.165, 1.54) is 46.4 Å². The molecule has 83 heavy (non-hydrogen) atoms. The summed E-state index contributed by atoms with van der Waals surface area (Å²) in [6, 6.07) is 28.1. The Bertz CT molecular complexity index is 3210. The number of anilines is 7. The first kappa shape index (κ1) is 67.5. The molecule has 0 aliphatic carbocycles. The number of carbonyl (C=O) groups excluding carboxylic acids is 2. The van der Waals surface area contributed by atoms with Gasteiger partial charge >= 0.3 is 5.20 Å². The monoisotopic (exact) mass is 1310 g/mol. The molecular formula is C49H56BCl4FN18O5PS4. The molecule has 2 saturated heterocycles. The number of nitrogens with one attached hydrogen (secondary N) is 4.